The maximum absolute atomic E-state index is 10.9. The maximum Gasteiger partial charge on any atom is 0.243 e. The summed E-state index contributed by atoms with van der Waals surface area (Å²) in [6.07, 6.45) is 3.22. The second kappa shape index (κ2) is 8.35. The van der Waals surface area contributed by atoms with Crippen LogP contribution in [0.2, 0.25) is 0 Å². The molecule has 2 N–H and O–H groups in total. The van der Waals surface area contributed by atoms with Gasteiger partial charge in [0.2, 0.25) is 5.91 Å². The number of nitrogens with one attached hydrogen (secondary N) is 1. The van der Waals surface area contributed by atoms with E-state index in [2.05, 4.69) is 55.5 Å². The lowest BCUT2D eigenvalue weighted by atomic mass is 9.93. The zero-order valence-electron chi connectivity index (χ0n) is 13.0. The Morgan fingerprint density at radius 3 is 2.27 bits per heavy atom. The topological polar surface area (TPSA) is 49.3 Å². The van der Waals surface area contributed by atoms with E-state index >= 15 is 0 Å². The zero-order valence-corrected chi connectivity index (χ0v) is 13.0. The third kappa shape index (κ3) is 4.71. The van der Waals surface area contributed by atoms with Crippen molar-refractivity contribution in [3.05, 3.63) is 60.2 Å². The molecule has 1 unspecified atom stereocenters. The van der Waals surface area contributed by atoms with Gasteiger partial charge in [-0.25, -0.2) is 5.48 Å². The van der Waals surface area contributed by atoms with Crippen LogP contribution in [0.3, 0.4) is 0 Å². The predicted octanol–water partition coefficient (Wildman–Crippen LogP) is 4.52. The van der Waals surface area contributed by atoms with Gasteiger partial charge in [0, 0.05) is 6.42 Å². The number of carbonyl (C=O) groups is 1. The number of amides is 1. The lowest BCUT2D eigenvalue weighted by molar-refractivity contribution is -0.129. The third-order valence-corrected chi connectivity index (χ3v) is 4.00. The van der Waals surface area contributed by atoms with Gasteiger partial charge in [-0.15, -0.1) is 0 Å². The van der Waals surface area contributed by atoms with Gasteiger partial charge in [-0.2, -0.15) is 0 Å². The summed E-state index contributed by atoms with van der Waals surface area (Å²) < 4.78 is 0. The molecule has 3 nitrogen and oxygen atoms in total. The van der Waals surface area contributed by atoms with Crippen molar-refractivity contribution in [2.24, 2.45) is 0 Å². The lowest BCUT2D eigenvalue weighted by Gasteiger charge is -2.12. The molecule has 1 atom stereocenters. The summed E-state index contributed by atoms with van der Waals surface area (Å²) in [5, 5.41) is 8.44. The molecule has 2 aromatic carbocycles. The molecule has 22 heavy (non-hydrogen) atoms. The summed E-state index contributed by atoms with van der Waals surface area (Å²) in [6.45, 7) is 2.21. The molecule has 0 saturated carbocycles. The molecular weight excluding hydrogens is 274 g/mol. The van der Waals surface area contributed by atoms with Crippen molar-refractivity contribution in [3.63, 3.8) is 0 Å². The molecule has 2 rings (SSSR count). The summed E-state index contributed by atoms with van der Waals surface area (Å²) >= 11 is 0. The first-order chi connectivity index (χ1) is 10.7. The Labute approximate surface area is 132 Å². The fourth-order valence-electron chi connectivity index (χ4n) is 2.59. The first-order valence-electron chi connectivity index (χ1n) is 7.79. The standard InChI is InChI=1S/C19H23NO2/c1-15(7-5-6-10-19(21)20-22)16-11-13-18(14-12-16)17-8-3-2-4-9-17/h2-4,8-9,11-15,22H,5-7,10H2,1H3,(H,20,21). The van der Waals surface area contributed by atoms with Crippen molar-refractivity contribution in [1.29, 1.82) is 0 Å². The van der Waals surface area contributed by atoms with Crippen LogP contribution in [-0.2, 0) is 4.79 Å². The van der Waals surface area contributed by atoms with Crippen LogP contribution in [0.4, 0.5) is 0 Å². The van der Waals surface area contributed by atoms with Gasteiger partial charge in [0.25, 0.3) is 0 Å². The Balaban J connectivity index is 1.86. The highest BCUT2D eigenvalue weighted by Crippen LogP contribution is 2.25. The van der Waals surface area contributed by atoms with E-state index in [1.54, 1.807) is 5.48 Å². The van der Waals surface area contributed by atoms with Crippen molar-refractivity contribution < 1.29 is 10.0 Å². The minimum Gasteiger partial charge on any atom is -0.289 e. The van der Waals surface area contributed by atoms with Crippen LogP contribution in [0.25, 0.3) is 11.1 Å². The first kappa shape index (κ1) is 16.2. The molecule has 1 amide bonds. The van der Waals surface area contributed by atoms with Gasteiger partial charge in [-0.3, -0.25) is 10.0 Å². The van der Waals surface area contributed by atoms with Gasteiger partial charge in [0.1, 0.15) is 0 Å². The van der Waals surface area contributed by atoms with Crippen molar-refractivity contribution in [2.75, 3.05) is 0 Å². The third-order valence-electron chi connectivity index (χ3n) is 4.00. The normalized spacial score (nSPS) is 11.9. The van der Waals surface area contributed by atoms with Crippen LogP contribution in [0.1, 0.15) is 44.1 Å². The van der Waals surface area contributed by atoms with Crippen LogP contribution in [0.15, 0.2) is 54.6 Å². The molecule has 0 aliphatic carbocycles. The number of unbranched alkanes of at least 4 members (excludes halogenated alkanes) is 1. The van der Waals surface area contributed by atoms with Gasteiger partial charge < -0.3 is 0 Å². The summed E-state index contributed by atoms with van der Waals surface area (Å²) in [5.74, 6) is 0.168. The van der Waals surface area contributed by atoms with E-state index in [9.17, 15) is 4.79 Å². The summed E-state index contributed by atoms with van der Waals surface area (Å²) in [4.78, 5) is 10.9. The van der Waals surface area contributed by atoms with E-state index in [4.69, 9.17) is 5.21 Å². The minimum atomic E-state index is -0.306. The van der Waals surface area contributed by atoms with Crippen molar-refractivity contribution >= 4 is 5.91 Å². The molecule has 0 aromatic heterocycles. The predicted molar refractivity (Wildman–Crippen MR) is 88.7 cm³/mol. The van der Waals surface area contributed by atoms with E-state index in [1.807, 2.05) is 6.07 Å². The number of hydrogen-bond acceptors (Lipinski definition) is 2. The summed E-state index contributed by atoms with van der Waals surface area (Å²) in [6, 6.07) is 19.1. The van der Waals surface area contributed by atoms with E-state index in [0.29, 0.717) is 12.3 Å². The van der Waals surface area contributed by atoms with Crippen molar-refractivity contribution in [3.8, 4) is 11.1 Å². The smallest absolute Gasteiger partial charge is 0.243 e. The first-order valence-corrected chi connectivity index (χ1v) is 7.79. The number of benzene rings is 2. The average Bonchev–Trinajstić information content (AvgIpc) is 2.59. The average molecular weight is 297 g/mol. The fourth-order valence-corrected chi connectivity index (χ4v) is 2.59. The Morgan fingerprint density at radius 1 is 1.00 bits per heavy atom. The van der Waals surface area contributed by atoms with E-state index < -0.39 is 0 Å². The van der Waals surface area contributed by atoms with Gasteiger partial charge in [-0.1, -0.05) is 67.9 Å². The van der Waals surface area contributed by atoms with E-state index in [0.717, 1.165) is 19.3 Å². The monoisotopic (exact) mass is 297 g/mol. The highest BCUT2D eigenvalue weighted by atomic mass is 16.5. The molecule has 3 heteroatoms. The Kier molecular flexibility index (Phi) is 6.16. The van der Waals surface area contributed by atoms with Crippen LogP contribution >= 0.6 is 0 Å². The second-order valence-corrected chi connectivity index (χ2v) is 5.67. The van der Waals surface area contributed by atoms with Crippen LogP contribution in [-0.4, -0.2) is 11.1 Å². The van der Waals surface area contributed by atoms with Gasteiger partial charge in [-0.05, 0) is 35.4 Å². The maximum atomic E-state index is 10.9. The van der Waals surface area contributed by atoms with Crippen molar-refractivity contribution in [2.45, 2.75) is 38.5 Å². The number of rotatable bonds is 7. The van der Waals surface area contributed by atoms with Crippen LogP contribution in [0, 0.1) is 0 Å². The SMILES string of the molecule is CC(CCCCC(=O)NO)c1ccc(-c2ccccc2)cc1. The molecule has 0 fully saturated rings. The molecule has 2 aromatic rings. The molecule has 0 heterocycles. The molecule has 0 spiro atoms. The molecule has 0 aliphatic rings. The molecule has 0 radical (unpaired) electrons. The number of hydroxylamine groups is 1. The minimum absolute atomic E-state index is 0.306. The second-order valence-electron chi connectivity index (χ2n) is 5.67. The molecular formula is C19H23NO2. The molecule has 0 saturated heterocycles. The quantitative estimate of drug-likeness (QED) is 0.448. The number of carbonyl (C=O) groups excluding carboxylic acids is 1. The molecule has 0 aliphatic heterocycles. The van der Waals surface area contributed by atoms with E-state index in [-0.39, 0.29) is 5.91 Å². The Hall–Kier alpha value is -2.13. The Morgan fingerprint density at radius 2 is 1.64 bits per heavy atom. The van der Waals surface area contributed by atoms with Gasteiger partial charge in [0.15, 0.2) is 0 Å². The molecule has 116 valence electrons. The fraction of sp³-hybridized carbons (Fsp3) is 0.316. The highest BCUT2D eigenvalue weighted by Gasteiger charge is 2.07. The largest absolute Gasteiger partial charge is 0.289 e. The Bertz CT molecular complexity index is 578. The number of hydrogen-bond donors (Lipinski definition) is 2. The van der Waals surface area contributed by atoms with Gasteiger partial charge >= 0.3 is 0 Å². The van der Waals surface area contributed by atoms with Gasteiger partial charge in [0.05, 0.1) is 0 Å². The lowest BCUT2D eigenvalue weighted by Crippen LogP contribution is -2.17. The van der Waals surface area contributed by atoms with Crippen LogP contribution < -0.4 is 5.48 Å². The summed E-state index contributed by atoms with van der Waals surface area (Å²) in [7, 11) is 0. The summed E-state index contributed by atoms with van der Waals surface area (Å²) in [5.41, 5.74) is 5.46. The van der Waals surface area contributed by atoms with Crippen molar-refractivity contribution in [1.82, 2.24) is 5.48 Å². The zero-order chi connectivity index (χ0) is 15.8. The van der Waals surface area contributed by atoms with E-state index in [1.165, 1.54) is 16.7 Å². The van der Waals surface area contributed by atoms with Crippen LogP contribution in [0.5, 0.6) is 0 Å². The highest BCUT2D eigenvalue weighted by molar-refractivity contribution is 5.74. The molecule has 0 bridgehead atoms.